The van der Waals surface area contributed by atoms with E-state index in [0.29, 0.717) is 6.01 Å². The Labute approximate surface area is 123 Å². The molecule has 3 aromatic rings. The van der Waals surface area contributed by atoms with Crippen LogP contribution in [-0.2, 0) is 6.54 Å². The molecule has 2 aromatic carbocycles. The fraction of sp³-hybridized carbons (Fsp3) is 0.125. The second-order valence-corrected chi connectivity index (χ2v) is 4.55. The van der Waals surface area contributed by atoms with Gasteiger partial charge < -0.3 is 10.1 Å². The molecular formula is C16H16N4O. The van der Waals surface area contributed by atoms with Gasteiger partial charge in [-0.3, -0.25) is 0 Å². The highest BCUT2D eigenvalue weighted by Crippen LogP contribution is 2.22. The van der Waals surface area contributed by atoms with Crippen molar-refractivity contribution < 1.29 is 4.74 Å². The van der Waals surface area contributed by atoms with E-state index in [0.717, 1.165) is 23.5 Å². The number of rotatable bonds is 5. The van der Waals surface area contributed by atoms with Gasteiger partial charge in [-0.2, -0.15) is 4.98 Å². The highest BCUT2D eigenvalue weighted by Gasteiger charge is 2.08. The van der Waals surface area contributed by atoms with Crippen molar-refractivity contribution in [1.29, 1.82) is 0 Å². The van der Waals surface area contributed by atoms with E-state index in [1.165, 1.54) is 0 Å². The molecule has 0 spiro atoms. The molecule has 0 saturated heterocycles. The molecule has 0 fully saturated rings. The molecule has 0 atom stereocenters. The van der Waals surface area contributed by atoms with Gasteiger partial charge in [0.05, 0.1) is 5.69 Å². The maximum atomic E-state index is 5.78. The maximum absolute atomic E-state index is 5.78. The summed E-state index contributed by atoms with van der Waals surface area (Å²) in [4.78, 5) is 4.20. The van der Waals surface area contributed by atoms with Crippen LogP contribution in [0.2, 0.25) is 0 Å². The predicted molar refractivity (Wildman–Crippen MR) is 80.6 cm³/mol. The number of hydrogen-bond donors (Lipinski definition) is 1. The average molecular weight is 280 g/mol. The second-order valence-electron chi connectivity index (χ2n) is 4.55. The summed E-state index contributed by atoms with van der Waals surface area (Å²) in [6, 6.07) is 18.0. The third kappa shape index (κ3) is 3.09. The van der Waals surface area contributed by atoms with E-state index < -0.39 is 0 Å². The molecule has 0 aliphatic rings. The molecule has 0 unspecified atom stereocenters. The van der Waals surface area contributed by atoms with Crippen molar-refractivity contribution in [2.24, 2.45) is 0 Å². The van der Waals surface area contributed by atoms with Crippen LogP contribution in [0.4, 0.5) is 0 Å². The van der Waals surface area contributed by atoms with Gasteiger partial charge in [0.25, 0.3) is 0 Å². The van der Waals surface area contributed by atoms with Gasteiger partial charge in [-0.05, 0) is 25.2 Å². The van der Waals surface area contributed by atoms with Crippen molar-refractivity contribution in [3.8, 4) is 17.4 Å². The normalized spacial score (nSPS) is 10.5. The van der Waals surface area contributed by atoms with Crippen LogP contribution in [0.5, 0.6) is 11.8 Å². The zero-order valence-electron chi connectivity index (χ0n) is 11.7. The Morgan fingerprint density at radius 1 is 1.05 bits per heavy atom. The third-order valence-corrected chi connectivity index (χ3v) is 3.03. The van der Waals surface area contributed by atoms with Crippen LogP contribution >= 0.6 is 0 Å². The molecule has 0 aliphatic heterocycles. The largest absolute Gasteiger partial charge is 0.423 e. The summed E-state index contributed by atoms with van der Waals surface area (Å²) in [6.07, 6.45) is 1.64. The molecular weight excluding hydrogens is 264 g/mol. The lowest BCUT2D eigenvalue weighted by molar-refractivity contribution is 0.435. The molecule has 1 N–H and O–H groups in total. The van der Waals surface area contributed by atoms with Crippen molar-refractivity contribution >= 4 is 0 Å². The lowest BCUT2D eigenvalue weighted by Gasteiger charge is -2.07. The quantitative estimate of drug-likeness (QED) is 0.781. The molecule has 3 rings (SSSR count). The number of para-hydroxylation sites is 2. The van der Waals surface area contributed by atoms with E-state index in [4.69, 9.17) is 4.74 Å². The lowest BCUT2D eigenvalue weighted by atomic mass is 10.2. The molecule has 0 bridgehead atoms. The topological polar surface area (TPSA) is 52.0 Å². The smallest absolute Gasteiger partial charge is 0.341 e. The Balaban J connectivity index is 1.82. The first kappa shape index (κ1) is 13.3. The van der Waals surface area contributed by atoms with Crippen molar-refractivity contribution in [3.05, 3.63) is 66.5 Å². The number of nitrogens with one attached hydrogen (secondary N) is 1. The van der Waals surface area contributed by atoms with Crippen LogP contribution in [-0.4, -0.2) is 21.8 Å². The number of benzene rings is 2. The van der Waals surface area contributed by atoms with Crippen LogP contribution in [0.1, 0.15) is 5.56 Å². The van der Waals surface area contributed by atoms with E-state index in [-0.39, 0.29) is 0 Å². The van der Waals surface area contributed by atoms with E-state index >= 15 is 0 Å². The minimum Gasteiger partial charge on any atom is -0.423 e. The van der Waals surface area contributed by atoms with Gasteiger partial charge in [0.1, 0.15) is 12.1 Å². The molecule has 21 heavy (non-hydrogen) atoms. The summed E-state index contributed by atoms with van der Waals surface area (Å²) in [5, 5.41) is 7.46. The van der Waals surface area contributed by atoms with Gasteiger partial charge in [-0.15, -0.1) is 5.10 Å². The van der Waals surface area contributed by atoms with E-state index in [9.17, 15) is 0 Å². The molecule has 5 nitrogen and oxygen atoms in total. The summed E-state index contributed by atoms with van der Waals surface area (Å²) in [7, 11) is 1.90. The summed E-state index contributed by atoms with van der Waals surface area (Å²) in [5.74, 6) is 0.762. The molecule has 1 aromatic heterocycles. The molecule has 106 valence electrons. The SMILES string of the molecule is CNCc1ccccc1Oc1ncn(-c2ccccc2)n1. The average Bonchev–Trinajstić information content (AvgIpc) is 2.99. The Hall–Kier alpha value is -2.66. The van der Waals surface area contributed by atoms with Crippen LogP contribution in [0.3, 0.4) is 0 Å². The number of nitrogens with zero attached hydrogens (tertiary/aromatic N) is 3. The standard InChI is InChI=1S/C16H16N4O/c1-17-11-13-7-5-6-10-15(13)21-16-18-12-20(19-16)14-8-3-2-4-9-14/h2-10,12,17H,11H2,1H3. The summed E-state index contributed by atoms with van der Waals surface area (Å²) >= 11 is 0. The first-order valence-corrected chi connectivity index (χ1v) is 6.74. The molecule has 0 saturated carbocycles. The fourth-order valence-electron chi connectivity index (χ4n) is 2.04. The van der Waals surface area contributed by atoms with Gasteiger partial charge in [-0.25, -0.2) is 4.68 Å². The van der Waals surface area contributed by atoms with Gasteiger partial charge >= 0.3 is 6.01 Å². The third-order valence-electron chi connectivity index (χ3n) is 3.03. The number of hydrogen-bond acceptors (Lipinski definition) is 4. The minimum atomic E-state index is 0.336. The van der Waals surface area contributed by atoms with Crippen LogP contribution in [0, 0.1) is 0 Å². The van der Waals surface area contributed by atoms with Gasteiger partial charge in [0.15, 0.2) is 0 Å². The highest BCUT2D eigenvalue weighted by molar-refractivity contribution is 5.35. The highest BCUT2D eigenvalue weighted by atomic mass is 16.5. The van der Waals surface area contributed by atoms with Crippen LogP contribution in [0.25, 0.3) is 5.69 Å². The van der Waals surface area contributed by atoms with Gasteiger partial charge in [-0.1, -0.05) is 36.4 Å². The molecule has 0 aliphatic carbocycles. The van der Waals surface area contributed by atoms with Gasteiger partial charge in [0, 0.05) is 12.1 Å². The Morgan fingerprint density at radius 3 is 2.62 bits per heavy atom. The van der Waals surface area contributed by atoms with Crippen LogP contribution in [0.15, 0.2) is 60.9 Å². The van der Waals surface area contributed by atoms with E-state index in [2.05, 4.69) is 15.4 Å². The van der Waals surface area contributed by atoms with Crippen LogP contribution < -0.4 is 10.1 Å². The van der Waals surface area contributed by atoms with E-state index in [1.807, 2.05) is 61.6 Å². The van der Waals surface area contributed by atoms with Gasteiger partial charge in [0.2, 0.25) is 0 Å². The zero-order chi connectivity index (χ0) is 14.5. The summed E-state index contributed by atoms with van der Waals surface area (Å²) < 4.78 is 7.47. The molecule has 5 heteroatoms. The Morgan fingerprint density at radius 2 is 1.81 bits per heavy atom. The van der Waals surface area contributed by atoms with E-state index in [1.54, 1.807) is 11.0 Å². The predicted octanol–water partition coefficient (Wildman–Crippen LogP) is 2.78. The van der Waals surface area contributed by atoms with Crippen molar-refractivity contribution in [3.63, 3.8) is 0 Å². The molecule has 1 heterocycles. The van der Waals surface area contributed by atoms with Crippen molar-refractivity contribution in [2.45, 2.75) is 6.54 Å². The fourth-order valence-corrected chi connectivity index (χ4v) is 2.04. The number of aromatic nitrogens is 3. The van der Waals surface area contributed by atoms with Crippen molar-refractivity contribution in [2.75, 3.05) is 7.05 Å². The minimum absolute atomic E-state index is 0.336. The first-order chi connectivity index (χ1) is 10.4. The summed E-state index contributed by atoms with van der Waals surface area (Å²) in [6.45, 7) is 0.732. The maximum Gasteiger partial charge on any atom is 0.341 e. The van der Waals surface area contributed by atoms with Crippen molar-refractivity contribution in [1.82, 2.24) is 20.1 Å². The first-order valence-electron chi connectivity index (χ1n) is 6.74. The monoisotopic (exact) mass is 280 g/mol. The summed E-state index contributed by atoms with van der Waals surface area (Å²) in [5.41, 5.74) is 2.01. The second kappa shape index (κ2) is 6.19. The lowest BCUT2D eigenvalue weighted by Crippen LogP contribution is -2.06. The Bertz CT molecular complexity index is 709. The molecule has 0 amide bonds. The number of ether oxygens (including phenoxy) is 1. The Kier molecular flexibility index (Phi) is 3.93. The zero-order valence-corrected chi connectivity index (χ0v) is 11.7. The molecule has 0 radical (unpaired) electrons.